The van der Waals surface area contributed by atoms with Crippen molar-refractivity contribution in [2.75, 3.05) is 7.11 Å². The van der Waals surface area contributed by atoms with Crippen LogP contribution in [-0.4, -0.2) is 18.9 Å². The van der Waals surface area contributed by atoms with Gasteiger partial charge in [0, 0.05) is 6.07 Å². The molecule has 30 heavy (non-hydrogen) atoms. The fraction of sp³-hybridized carbons (Fsp3) is 0.120. The molecule has 0 bridgehead atoms. The molecule has 3 aromatic rings. The fourth-order valence-electron chi connectivity index (χ4n) is 3.12. The number of benzene rings is 3. The van der Waals surface area contributed by atoms with Gasteiger partial charge >= 0.3 is 5.97 Å². The first-order valence-electron chi connectivity index (χ1n) is 9.61. The Bertz CT molecular complexity index is 1130. The maximum atomic E-state index is 12.6. The van der Waals surface area contributed by atoms with Crippen LogP contribution in [0.1, 0.15) is 38.8 Å². The third-order valence-electron chi connectivity index (χ3n) is 4.86. The highest BCUT2D eigenvalue weighted by molar-refractivity contribution is 6.14. The van der Waals surface area contributed by atoms with E-state index in [0.717, 1.165) is 12.0 Å². The SMILES string of the molecule is CCc1ccc(/C=C2/Oc3cc(OC(=O)c4ccc(OC)cc4)ccc3C2=O)cc1. The molecule has 0 aromatic heterocycles. The van der Waals surface area contributed by atoms with E-state index in [2.05, 4.69) is 6.92 Å². The van der Waals surface area contributed by atoms with Crippen molar-refractivity contribution < 1.29 is 23.8 Å². The first-order valence-corrected chi connectivity index (χ1v) is 9.61. The maximum absolute atomic E-state index is 12.6. The zero-order valence-corrected chi connectivity index (χ0v) is 16.7. The topological polar surface area (TPSA) is 61.8 Å². The number of esters is 1. The minimum absolute atomic E-state index is 0.197. The molecule has 0 N–H and O–H groups in total. The summed E-state index contributed by atoms with van der Waals surface area (Å²) in [5.74, 6) is 0.867. The van der Waals surface area contributed by atoms with Gasteiger partial charge in [-0.05, 0) is 60.0 Å². The largest absolute Gasteiger partial charge is 0.497 e. The lowest BCUT2D eigenvalue weighted by atomic mass is 10.1. The van der Waals surface area contributed by atoms with Crippen LogP contribution in [0.5, 0.6) is 17.2 Å². The molecule has 0 radical (unpaired) electrons. The summed E-state index contributed by atoms with van der Waals surface area (Å²) < 4.78 is 16.3. The van der Waals surface area contributed by atoms with Crippen LogP contribution < -0.4 is 14.2 Å². The van der Waals surface area contributed by atoms with Crippen LogP contribution in [0.3, 0.4) is 0 Å². The average Bonchev–Trinajstić information content (AvgIpc) is 3.08. The molecule has 1 aliphatic heterocycles. The third-order valence-corrected chi connectivity index (χ3v) is 4.86. The molecule has 150 valence electrons. The lowest BCUT2D eigenvalue weighted by Gasteiger charge is -2.06. The van der Waals surface area contributed by atoms with Crippen LogP contribution in [0.25, 0.3) is 6.08 Å². The van der Waals surface area contributed by atoms with Crippen LogP contribution in [0.4, 0.5) is 0 Å². The molecule has 0 amide bonds. The van der Waals surface area contributed by atoms with Crippen LogP contribution in [0.2, 0.25) is 0 Å². The number of methoxy groups -OCH3 is 1. The Hall–Kier alpha value is -3.86. The molecule has 0 atom stereocenters. The predicted octanol–water partition coefficient (Wildman–Crippen LogP) is 5.09. The summed E-state index contributed by atoms with van der Waals surface area (Å²) in [5.41, 5.74) is 2.94. The molecule has 0 unspecified atom stereocenters. The van der Waals surface area contributed by atoms with Gasteiger partial charge in [0.15, 0.2) is 5.76 Å². The van der Waals surface area contributed by atoms with Crippen molar-refractivity contribution in [2.24, 2.45) is 0 Å². The molecule has 5 nitrogen and oxygen atoms in total. The van der Waals surface area contributed by atoms with E-state index in [1.807, 2.05) is 24.3 Å². The number of ether oxygens (including phenoxy) is 3. The maximum Gasteiger partial charge on any atom is 0.343 e. The molecule has 0 saturated heterocycles. The second-order valence-electron chi connectivity index (χ2n) is 6.81. The van der Waals surface area contributed by atoms with Gasteiger partial charge in [0.2, 0.25) is 5.78 Å². The van der Waals surface area contributed by atoms with Gasteiger partial charge in [-0.15, -0.1) is 0 Å². The van der Waals surface area contributed by atoms with Crippen molar-refractivity contribution in [3.63, 3.8) is 0 Å². The highest BCUT2D eigenvalue weighted by atomic mass is 16.5. The highest BCUT2D eigenvalue weighted by Gasteiger charge is 2.28. The average molecular weight is 400 g/mol. The molecule has 0 spiro atoms. The monoisotopic (exact) mass is 400 g/mol. The standard InChI is InChI=1S/C25H20O5/c1-3-16-4-6-17(7-5-16)14-23-24(26)21-13-12-20(15-22(21)30-23)29-25(27)18-8-10-19(28-2)11-9-18/h4-15H,3H2,1-2H3/b23-14+. The van der Waals surface area contributed by atoms with E-state index in [4.69, 9.17) is 14.2 Å². The molecule has 0 saturated carbocycles. The third kappa shape index (κ3) is 3.96. The quantitative estimate of drug-likeness (QED) is 0.339. The smallest absolute Gasteiger partial charge is 0.343 e. The molecular formula is C25H20O5. The first-order chi connectivity index (χ1) is 14.6. The van der Waals surface area contributed by atoms with Crippen LogP contribution in [0.15, 0.2) is 72.5 Å². The molecular weight excluding hydrogens is 380 g/mol. The summed E-state index contributed by atoms with van der Waals surface area (Å²) in [6.07, 6.45) is 2.67. The molecule has 3 aromatic carbocycles. The number of allylic oxidation sites excluding steroid dienone is 1. The summed E-state index contributed by atoms with van der Waals surface area (Å²) in [7, 11) is 1.56. The van der Waals surface area contributed by atoms with E-state index < -0.39 is 5.97 Å². The predicted molar refractivity (Wildman–Crippen MR) is 113 cm³/mol. The van der Waals surface area contributed by atoms with Gasteiger partial charge in [-0.2, -0.15) is 0 Å². The van der Waals surface area contributed by atoms with Crippen LogP contribution >= 0.6 is 0 Å². The van der Waals surface area contributed by atoms with Gasteiger partial charge in [0.05, 0.1) is 18.2 Å². The summed E-state index contributed by atoms with van der Waals surface area (Å²) in [4.78, 5) is 25.0. The van der Waals surface area contributed by atoms with Gasteiger partial charge in [0.1, 0.15) is 17.2 Å². The minimum Gasteiger partial charge on any atom is -0.497 e. The Morgan fingerprint density at radius 2 is 1.67 bits per heavy atom. The highest BCUT2D eigenvalue weighted by Crippen LogP contribution is 2.35. The summed E-state index contributed by atoms with van der Waals surface area (Å²) >= 11 is 0. The molecule has 0 aliphatic carbocycles. The molecule has 1 heterocycles. The second kappa shape index (κ2) is 8.25. The number of ketones is 1. The number of rotatable bonds is 5. The number of aryl methyl sites for hydroxylation is 1. The first kappa shape index (κ1) is 19.5. The van der Waals surface area contributed by atoms with Crippen molar-refractivity contribution in [1.29, 1.82) is 0 Å². The Kier molecular flexibility index (Phi) is 5.35. The van der Waals surface area contributed by atoms with Crippen molar-refractivity contribution >= 4 is 17.8 Å². The van der Waals surface area contributed by atoms with Crippen molar-refractivity contribution in [2.45, 2.75) is 13.3 Å². The number of carbonyl (C=O) groups is 2. The van der Waals surface area contributed by atoms with Crippen LogP contribution in [-0.2, 0) is 6.42 Å². The molecule has 0 fully saturated rings. The zero-order valence-electron chi connectivity index (χ0n) is 16.7. The fourth-order valence-corrected chi connectivity index (χ4v) is 3.12. The van der Waals surface area contributed by atoms with E-state index in [9.17, 15) is 9.59 Å². The molecule has 1 aliphatic rings. The van der Waals surface area contributed by atoms with Gasteiger partial charge < -0.3 is 14.2 Å². The van der Waals surface area contributed by atoms with E-state index in [1.165, 1.54) is 5.56 Å². The Labute approximate surface area is 174 Å². The van der Waals surface area contributed by atoms with Crippen molar-refractivity contribution in [1.82, 2.24) is 0 Å². The lowest BCUT2D eigenvalue weighted by Crippen LogP contribution is -2.08. The summed E-state index contributed by atoms with van der Waals surface area (Å²) in [5, 5.41) is 0. The summed E-state index contributed by atoms with van der Waals surface area (Å²) in [6.45, 7) is 2.09. The number of hydrogen-bond donors (Lipinski definition) is 0. The van der Waals surface area contributed by atoms with Gasteiger partial charge in [-0.1, -0.05) is 31.2 Å². The normalized spacial score (nSPS) is 13.7. The van der Waals surface area contributed by atoms with Crippen LogP contribution in [0, 0.1) is 0 Å². The second-order valence-corrected chi connectivity index (χ2v) is 6.81. The number of carbonyl (C=O) groups excluding carboxylic acids is 2. The Balaban J connectivity index is 1.51. The lowest BCUT2D eigenvalue weighted by molar-refractivity contribution is 0.0734. The van der Waals surface area contributed by atoms with Gasteiger partial charge in [-0.3, -0.25) is 4.79 Å². The van der Waals surface area contributed by atoms with E-state index in [0.29, 0.717) is 28.4 Å². The minimum atomic E-state index is -0.506. The zero-order chi connectivity index (χ0) is 21.1. The number of hydrogen-bond acceptors (Lipinski definition) is 5. The van der Waals surface area contributed by atoms with Gasteiger partial charge in [-0.25, -0.2) is 4.79 Å². The Morgan fingerprint density at radius 3 is 2.33 bits per heavy atom. The summed E-state index contributed by atoms with van der Waals surface area (Å²) in [6, 6.07) is 19.3. The molecule has 5 heteroatoms. The van der Waals surface area contributed by atoms with Crippen molar-refractivity contribution in [3.05, 3.63) is 94.7 Å². The van der Waals surface area contributed by atoms with Gasteiger partial charge in [0.25, 0.3) is 0 Å². The van der Waals surface area contributed by atoms with E-state index >= 15 is 0 Å². The Morgan fingerprint density at radius 1 is 0.967 bits per heavy atom. The molecule has 4 rings (SSSR count). The van der Waals surface area contributed by atoms with Crippen molar-refractivity contribution in [3.8, 4) is 17.2 Å². The number of Topliss-reactive ketones (excluding diaryl/α,β-unsaturated/α-hetero) is 1. The number of fused-ring (bicyclic) bond motifs is 1. The van der Waals surface area contributed by atoms with E-state index in [1.54, 1.807) is 55.7 Å². The van der Waals surface area contributed by atoms with E-state index in [-0.39, 0.29) is 11.5 Å².